The Hall–Kier alpha value is -4.53. The summed E-state index contributed by atoms with van der Waals surface area (Å²) >= 11 is 0. The molecule has 1 aliphatic heterocycles. The summed E-state index contributed by atoms with van der Waals surface area (Å²) < 4.78 is 25.6. The third-order valence-electron chi connectivity index (χ3n) is 7.04. The molecule has 1 aliphatic carbocycles. The molecule has 198 valence electrons. The normalized spacial score (nSPS) is 16.4. The van der Waals surface area contributed by atoms with Gasteiger partial charge in [0.25, 0.3) is 5.91 Å². The third-order valence-corrected chi connectivity index (χ3v) is 7.04. The Labute approximate surface area is 224 Å². The lowest BCUT2D eigenvalue weighted by Crippen LogP contribution is -2.41. The number of rotatable bonds is 8. The van der Waals surface area contributed by atoms with E-state index in [4.69, 9.17) is 9.15 Å². The molecule has 39 heavy (non-hydrogen) atoms. The highest BCUT2D eigenvalue weighted by molar-refractivity contribution is 5.91. The summed E-state index contributed by atoms with van der Waals surface area (Å²) in [4.78, 5) is 35.8. The van der Waals surface area contributed by atoms with Crippen molar-refractivity contribution < 1.29 is 23.1 Å². The Morgan fingerprint density at radius 3 is 2.82 bits per heavy atom. The van der Waals surface area contributed by atoms with E-state index in [9.17, 15) is 14.0 Å². The van der Waals surface area contributed by atoms with Crippen LogP contribution in [0.1, 0.15) is 57.5 Å². The first-order valence-electron chi connectivity index (χ1n) is 13.0. The lowest BCUT2D eigenvalue weighted by Gasteiger charge is -2.38. The number of carbonyl (C=O) groups excluding carboxylic acids is 2. The van der Waals surface area contributed by atoms with Crippen molar-refractivity contribution in [2.45, 2.75) is 38.5 Å². The number of amides is 2. The van der Waals surface area contributed by atoms with Gasteiger partial charge in [0.05, 0.1) is 6.04 Å². The van der Waals surface area contributed by atoms with Crippen LogP contribution in [-0.4, -0.2) is 33.2 Å². The largest absolute Gasteiger partial charge is 0.484 e. The number of halogens is 1. The van der Waals surface area contributed by atoms with Gasteiger partial charge in [0.15, 0.2) is 12.3 Å². The van der Waals surface area contributed by atoms with Crippen LogP contribution in [0.3, 0.4) is 0 Å². The molecule has 3 heterocycles. The topological polar surface area (TPSA) is 97.6 Å². The van der Waals surface area contributed by atoms with E-state index < -0.39 is 6.04 Å². The lowest BCUT2D eigenvalue weighted by molar-refractivity contribution is -0.134. The molecule has 4 aromatic rings. The number of aromatic nitrogens is 2. The minimum absolute atomic E-state index is 0.0179. The predicted octanol–water partition coefficient (Wildman–Crippen LogP) is 4.60. The second-order valence-corrected chi connectivity index (χ2v) is 9.83. The molecule has 1 N–H and O–H groups in total. The van der Waals surface area contributed by atoms with Gasteiger partial charge in [0.2, 0.25) is 11.8 Å². The molecule has 0 radical (unpaired) electrons. The van der Waals surface area contributed by atoms with Crippen LogP contribution in [0.5, 0.6) is 5.75 Å². The van der Waals surface area contributed by atoms with Crippen LogP contribution < -0.4 is 10.1 Å². The molecule has 0 saturated heterocycles. The maximum Gasteiger partial charge on any atom is 0.273 e. The molecular formula is C30H27FN4O4. The van der Waals surface area contributed by atoms with Gasteiger partial charge in [0.1, 0.15) is 17.8 Å². The molecule has 2 aromatic heterocycles. The van der Waals surface area contributed by atoms with E-state index in [1.54, 1.807) is 24.5 Å². The van der Waals surface area contributed by atoms with E-state index in [0.29, 0.717) is 18.8 Å². The predicted molar refractivity (Wildman–Crippen MR) is 139 cm³/mol. The first-order chi connectivity index (χ1) is 19.0. The fourth-order valence-electron chi connectivity index (χ4n) is 4.92. The van der Waals surface area contributed by atoms with Gasteiger partial charge in [-0.15, -0.1) is 0 Å². The van der Waals surface area contributed by atoms with Crippen molar-refractivity contribution in [3.05, 3.63) is 113 Å². The third kappa shape index (κ3) is 5.52. The smallest absolute Gasteiger partial charge is 0.273 e. The molecule has 0 bridgehead atoms. The van der Waals surface area contributed by atoms with Crippen LogP contribution in [0.25, 0.3) is 0 Å². The Morgan fingerprint density at radius 1 is 1.13 bits per heavy atom. The molecular weight excluding hydrogens is 499 g/mol. The van der Waals surface area contributed by atoms with Gasteiger partial charge in [-0.3, -0.25) is 14.6 Å². The first kappa shape index (κ1) is 24.8. The van der Waals surface area contributed by atoms with Crippen LogP contribution in [0.4, 0.5) is 4.39 Å². The van der Waals surface area contributed by atoms with Gasteiger partial charge in [-0.2, -0.15) is 0 Å². The Balaban J connectivity index is 1.17. The molecule has 2 aromatic carbocycles. The van der Waals surface area contributed by atoms with Crippen molar-refractivity contribution in [2.24, 2.45) is 5.92 Å². The summed E-state index contributed by atoms with van der Waals surface area (Å²) in [6.07, 6.45) is 7.17. The zero-order valence-electron chi connectivity index (χ0n) is 21.2. The molecule has 6 rings (SSSR count). The van der Waals surface area contributed by atoms with Gasteiger partial charge in [-0.1, -0.05) is 24.3 Å². The van der Waals surface area contributed by atoms with Gasteiger partial charge < -0.3 is 19.4 Å². The average molecular weight is 527 g/mol. The number of nitrogens with one attached hydrogen (secondary N) is 1. The number of benzene rings is 2. The molecule has 1 fully saturated rings. The van der Waals surface area contributed by atoms with Crippen LogP contribution in [0, 0.1) is 11.7 Å². The monoisotopic (exact) mass is 526 g/mol. The molecule has 0 spiro atoms. The summed E-state index contributed by atoms with van der Waals surface area (Å²) in [5.41, 5.74) is 3.78. The molecule has 2 aliphatic rings. The van der Waals surface area contributed by atoms with E-state index in [1.807, 2.05) is 35.2 Å². The molecule has 1 atom stereocenters. The second-order valence-electron chi connectivity index (χ2n) is 9.83. The van der Waals surface area contributed by atoms with Crippen LogP contribution in [0.15, 0.2) is 77.7 Å². The van der Waals surface area contributed by atoms with E-state index in [0.717, 1.165) is 41.5 Å². The SMILES string of the molecule is O=C(NCc1cccnc1)c1coc(COc2ccc3c(c2)C(c2cccc(F)c2)N(C(=O)C2CC2)CC3)n1. The summed E-state index contributed by atoms with van der Waals surface area (Å²) in [5.74, 6) is 0.303. The van der Waals surface area contributed by atoms with Gasteiger partial charge >= 0.3 is 0 Å². The molecule has 2 amide bonds. The fourth-order valence-corrected chi connectivity index (χ4v) is 4.92. The van der Waals surface area contributed by atoms with Crippen LogP contribution in [0.2, 0.25) is 0 Å². The van der Waals surface area contributed by atoms with Crippen LogP contribution >= 0.6 is 0 Å². The molecule has 1 unspecified atom stereocenters. The minimum atomic E-state index is -0.391. The quantitative estimate of drug-likeness (QED) is 0.360. The van der Waals surface area contributed by atoms with Crippen molar-refractivity contribution in [3.8, 4) is 5.75 Å². The van der Waals surface area contributed by atoms with Crippen molar-refractivity contribution >= 4 is 11.8 Å². The summed E-state index contributed by atoms with van der Waals surface area (Å²) in [7, 11) is 0. The number of ether oxygens (including phenoxy) is 1. The first-order valence-corrected chi connectivity index (χ1v) is 13.0. The molecule has 9 heteroatoms. The minimum Gasteiger partial charge on any atom is -0.484 e. The lowest BCUT2D eigenvalue weighted by atomic mass is 9.87. The summed E-state index contributed by atoms with van der Waals surface area (Å²) in [6, 6.07) is 15.5. The van der Waals surface area contributed by atoms with E-state index in [1.165, 1.54) is 18.4 Å². The number of fused-ring (bicyclic) bond motifs is 1. The second kappa shape index (κ2) is 10.7. The van der Waals surface area contributed by atoms with Gasteiger partial charge in [0, 0.05) is 31.4 Å². The van der Waals surface area contributed by atoms with E-state index in [-0.39, 0.29) is 41.7 Å². The zero-order chi connectivity index (χ0) is 26.8. The summed E-state index contributed by atoms with van der Waals surface area (Å²) in [6.45, 7) is 0.933. The highest BCUT2D eigenvalue weighted by atomic mass is 19.1. The van der Waals surface area contributed by atoms with Crippen molar-refractivity contribution in [1.82, 2.24) is 20.2 Å². The maximum absolute atomic E-state index is 14.2. The highest BCUT2D eigenvalue weighted by Gasteiger charge is 2.39. The fraction of sp³-hybridized carbons (Fsp3) is 0.267. The van der Waals surface area contributed by atoms with Crippen LogP contribution in [-0.2, 0) is 24.4 Å². The van der Waals surface area contributed by atoms with Gasteiger partial charge in [-0.25, -0.2) is 9.37 Å². The Kier molecular flexibility index (Phi) is 6.79. The number of nitrogens with zero attached hydrogens (tertiary/aromatic N) is 3. The standard InChI is InChI=1S/C30H27FN4O4/c31-23-5-1-4-22(13-23)28-25-14-24(9-8-20(25)10-12-35(28)30(37)21-6-7-21)38-18-27-34-26(17-39-27)29(36)33-16-19-3-2-11-32-15-19/h1-5,8-9,11,13-15,17,21,28H,6-7,10,12,16,18H2,(H,33,36). The summed E-state index contributed by atoms with van der Waals surface area (Å²) in [5, 5.41) is 2.79. The number of oxazole rings is 1. The van der Waals surface area contributed by atoms with Crippen molar-refractivity contribution in [1.29, 1.82) is 0 Å². The van der Waals surface area contributed by atoms with Gasteiger partial charge in [-0.05, 0) is 71.8 Å². The highest BCUT2D eigenvalue weighted by Crippen LogP contribution is 2.41. The maximum atomic E-state index is 14.2. The Bertz CT molecular complexity index is 1500. The number of hydrogen-bond donors (Lipinski definition) is 1. The van der Waals surface area contributed by atoms with E-state index in [2.05, 4.69) is 15.3 Å². The Morgan fingerprint density at radius 2 is 2.03 bits per heavy atom. The molecule has 8 nitrogen and oxygen atoms in total. The van der Waals surface area contributed by atoms with Crippen molar-refractivity contribution in [3.63, 3.8) is 0 Å². The van der Waals surface area contributed by atoms with Crippen molar-refractivity contribution in [2.75, 3.05) is 6.54 Å². The number of carbonyl (C=O) groups is 2. The zero-order valence-corrected chi connectivity index (χ0v) is 21.2. The number of hydrogen-bond acceptors (Lipinski definition) is 6. The van der Waals surface area contributed by atoms with E-state index >= 15 is 0 Å². The number of pyridine rings is 1. The average Bonchev–Trinajstić information content (AvgIpc) is 3.71. The molecule has 1 saturated carbocycles.